The highest BCUT2D eigenvalue weighted by Gasteiger charge is 2.22. The number of halogens is 2. The molecule has 3 rings (SSSR count). The Morgan fingerprint density at radius 3 is 2.39 bits per heavy atom. The van der Waals surface area contributed by atoms with E-state index >= 15 is 0 Å². The number of carboxylic acid groups (broad SMARTS) is 1. The van der Waals surface area contributed by atoms with E-state index in [1.165, 1.54) is 16.8 Å². The Hall–Kier alpha value is -3.13. The van der Waals surface area contributed by atoms with Crippen molar-refractivity contribution in [3.8, 4) is 17.1 Å². The molecule has 0 radical (unpaired) electrons. The highest BCUT2D eigenvalue weighted by Crippen LogP contribution is 2.30. The molecule has 0 aliphatic rings. The largest absolute Gasteiger partial charge is 0.501 e. The Balaban J connectivity index is 1.88. The Bertz CT molecular complexity index is 1350. The number of anilines is 1. The summed E-state index contributed by atoms with van der Waals surface area (Å²) in [4.78, 5) is 40.7. The van der Waals surface area contributed by atoms with Gasteiger partial charge < -0.3 is 20.5 Å². The number of aromatic carboxylic acids is 1. The number of nitrogens with zero attached hydrogens (tertiary/aromatic N) is 1. The van der Waals surface area contributed by atoms with Crippen LogP contribution in [0.1, 0.15) is 10.5 Å². The van der Waals surface area contributed by atoms with Crippen LogP contribution in [0.15, 0.2) is 38.6 Å². The maximum absolute atomic E-state index is 12.4. The third kappa shape index (κ3) is 4.96. The summed E-state index contributed by atoms with van der Waals surface area (Å²) in [5, 5.41) is 23.8. The number of thiophene rings is 1. The second-order valence-corrected chi connectivity index (χ2v) is 9.08. The molecule has 162 valence electrons. The number of sulfonamides is 1. The van der Waals surface area contributed by atoms with Gasteiger partial charge >= 0.3 is 12.0 Å². The second-order valence-electron chi connectivity index (χ2n) is 5.78. The fraction of sp³-hybridized carbons (Fsp3) is 0. The summed E-state index contributed by atoms with van der Waals surface area (Å²) in [6.45, 7) is 0. The number of aromatic hydroxyl groups is 1. The van der Waals surface area contributed by atoms with Gasteiger partial charge in [-0.3, -0.25) is 4.79 Å². The Morgan fingerprint density at radius 2 is 1.77 bits per heavy atom. The summed E-state index contributed by atoms with van der Waals surface area (Å²) in [5.74, 6) is -2.98. The highest BCUT2D eigenvalue weighted by atomic mass is 35.5. The average Bonchev–Trinajstić information content (AvgIpc) is 3.10. The van der Waals surface area contributed by atoms with Crippen molar-refractivity contribution in [1.29, 1.82) is 0 Å². The van der Waals surface area contributed by atoms with Crippen molar-refractivity contribution in [2.75, 3.05) is 5.32 Å². The quantitative estimate of drug-likeness (QED) is 0.351. The fourth-order valence-electron chi connectivity index (χ4n) is 2.33. The van der Waals surface area contributed by atoms with Gasteiger partial charge in [-0.25, -0.2) is 27.7 Å². The number of urea groups is 1. The van der Waals surface area contributed by atoms with E-state index in [4.69, 9.17) is 28.3 Å². The van der Waals surface area contributed by atoms with E-state index in [0.717, 1.165) is 23.5 Å². The molecule has 0 aliphatic heterocycles. The number of amides is 2. The number of hydrogen-bond donors (Lipinski definition) is 5. The summed E-state index contributed by atoms with van der Waals surface area (Å²) in [7, 11) is -4.33. The van der Waals surface area contributed by atoms with E-state index in [0.29, 0.717) is 0 Å². The van der Waals surface area contributed by atoms with Crippen molar-refractivity contribution >= 4 is 62.2 Å². The normalized spacial score (nSPS) is 11.2. The zero-order valence-corrected chi connectivity index (χ0v) is 18.0. The fourth-order valence-corrected chi connectivity index (χ4v) is 4.73. The Kier molecular flexibility index (Phi) is 6.22. The van der Waals surface area contributed by atoms with Gasteiger partial charge in [0.1, 0.15) is 5.82 Å². The number of aromatic nitrogens is 2. The maximum Gasteiger partial charge on any atom is 0.358 e. The van der Waals surface area contributed by atoms with Crippen molar-refractivity contribution in [3.05, 3.63) is 55.1 Å². The SMILES string of the molecule is O=C(Nc1cscc1-c1nc(C(=O)O)c(O)c(=O)[nH]1)NS(=O)(=O)c1cc(Cl)cc(Cl)c1. The van der Waals surface area contributed by atoms with Crippen molar-refractivity contribution in [2.24, 2.45) is 0 Å². The topological polar surface area (TPSA) is 179 Å². The number of benzene rings is 1. The van der Waals surface area contributed by atoms with E-state index in [2.05, 4.69) is 15.3 Å². The van der Waals surface area contributed by atoms with Crippen LogP contribution in [-0.4, -0.2) is 40.6 Å². The van der Waals surface area contributed by atoms with Crippen molar-refractivity contribution in [3.63, 3.8) is 0 Å². The number of aromatic amines is 1. The lowest BCUT2D eigenvalue weighted by Gasteiger charge is -2.10. The molecule has 0 saturated heterocycles. The van der Waals surface area contributed by atoms with Gasteiger partial charge in [0.2, 0.25) is 5.75 Å². The molecule has 0 unspecified atom stereocenters. The predicted molar refractivity (Wildman–Crippen MR) is 113 cm³/mol. The van der Waals surface area contributed by atoms with Crippen LogP contribution in [-0.2, 0) is 10.0 Å². The van der Waals surface area contributed by atoms with Gasteiger partial charge in [-0.1, -0.05) is 23.2 Å². The molecule has 31 heavy (non-hydrogen) atoms. The first-order chi connectivity index (χ1) is 14.5. The van der Waals surface area contributed by atoms with E-state index in [9.17, 15) is 27.9 Å². The number of rotatable bonds is 5. The van der Waals surface area contributed by atoms with Gasteiger partial charge in [0.25, 0.3) is 15.6 Å². The summed E-state index contributed by atoms with van der Waals surface area (Å²) >= 11 is 12.6. The molecule has 2 amide bonds. The smallest absolute Gasteiger partial charge is 0.358 e. The average molecular weight is 505 g/mol. The molecule has 15 heteroatoms. The van der Waals surface area contributed by atoms with Crippen molar-refractivity contribution < 1.29 is 28.2 Å². The summed E-state index contributed by atoms with van der Waals surface area (Å²) < 4.78 is 26.6. The highest BCUT2D eigenvalue weighted by molar-refractivity contribution is 7.90. The Labute approximate surface area is 187 Å². The molecule has 0 atom stereocenters. The lowest BCUT2D eigenvalue weighted by molar-refractivity contribution is 0.0686. The summed E-state index contributed by atoms with van der Waals surface area (Å²) in [6.07, 6.45) is 0. The van der Waals surface area contributed by atoms with E-state index in [1.54, 1.807) is 4.72 Å². The second kappa shape index (κ2) is 8.55. The number of hydrogen-bond acceptors (Lipinski definition) is 8. The monoisotopic (exact) mass is 504 g/mol. The molecular weight excluding hydrogens is 495 g/mol. The van der Waals surface area contributed by atoms with Crippen LogP contribution in [0, 0.1) is 0 Å². The zero-order chi connectivity index (χ0) is 22.9. The van der Waals surface area contributed by atoms with Crippen LogP contribution in [0.3, 0.4) is 0 Å². The molecule has 0 saturated carbocycles. The standard InChI is InChI=1S/C16H10Cl2N4O7S2/c17-6-1-7(18)3-8(2-6)31(28,29)22-16(27)19-10-5-30-4-9(10)13-20-11(15(25)26)12(23)14(24)21-13/h1-5,23H,(H,25,26)(H2,19,22,27)(H,20,21,24). The van der Waals surface area contributed by atoms with Crippen LogP contribution in [0.25, 0.3) is 11.4 Å². The van der Waals surface area contributed by atoms with E-state index in [-0.39, 0.29) is 32.0 Å². The zero-order valence-electron chi connectivity index (χ0n) is 14.8. The Morgan fingerprint density at radius 1 is 1.13 bits per heavy atom. The number of nitrogens with one attached hydrogen (secondary N) is 3. The van der Waals surface area contributed by atoms with Gasteiger partial charge in [0.05, 0.1) is 16.1 Å². The lowest BCUT2D eigenvalue weighted by atomic mass is 10.2. The third-order valence-corrected chi connectivity index (χ3v) is 6.13. The van der Waals surface area contributed by atoms with Crippen molar-refractivity contribution in [1.82, 2.24) is 14.7 Å². The molecule has 0 fully saturated rings. The third-order valence-electron chi connectivity index (χ3n) is 3.64. The van der Waals surface area contributed by atoms with Gasteiger partial charge in [-0.05, 0) is 18.2 Å². The minimum Gasteiger partial charge on any atom is -0.501 e. The minimum absolute atomic E-state index is 0.0204. The molecule has 11 nitrogen and oxygen atoms in total. The molecule has 5 N–H and O–H groups in total. The van der Waals surface area contributed by atoms with Crippen molar-refractivity contribution in [2.45, 2.75) is 4.90 Å². The molecule has 2 aromatic heterocycles. The number of carbonyl (C=O) groups excluding carboxylic acids is 1. The molecule has 3 aromatic rings. The first-order valence-corrected chi connectivity index (χ1v) is 11.1. The number of H-pyrrole nitrogens is 1. The molecular formula is C16H10Cl2N4O7S2. The molecule has 2 heterocycles. The van der Waals surface area contributed by atoms with Crippen LogP contribution < -0.4 is 15.6 Å². The lowest BCUT2D eigenvalue weighted by Crippen LogP contribution is -2.34. The van der Waals surface area contributed by atoms with Crippen LogP contribution in [0.4, 0.5) is 10.5 Å². The molecule has 1 aromatic carbocycles. The number of carboxylic acids is 1. The first kappa shape index (κ1) is 22.6. The summed E-state index contributed by atoms with van der Waals surface area (Å²) in [6, 6.07) is 2.35. The van der Waals surface area contributed by atoms with Gasteiger partial charge in [0.15, 0.2) is 5.69 Å². The van der Waals surface area contributed by atoms with Gasteiger partial charge in [0, 0.05) is 20.8 Å². The maximum atomic E-state index is 12.4. The van der Waals surface area contributed by atoms with Crippen LogP contribution in [0.5, 0.6) is 5.75 Å². The molecule has 0 aliphatic carbocycles. The van der Waals surface area contributed by atoms with Gasteiger partial charge in [-0.2, -0.15) is 0 Å². The van der Waals surface area contributed by atoms with E-state index in [1.807, 2.05) is 0 Å². The van der Waals surface area contributed by atoms with Gasteiger partial charge in [-0.15, -0.1) is 11.3 Å². The first-order valence-electron chi connectivity index (χ1n) is 7.91. The predicted octanol–water partition coefficient (Wildman–Crippen LogP) is 2.72. The number of carbonyl (C=O) groups is 2. The molecule has 0 spiro atoms. The van der Waals surface area contributed by atoms with Crippen LogP contribution >= 0.6 is 34.5 Å². The molecule has 0 bridgehead atoms. The summed E-state index contributed by atoms with van der Waals surface area (Å²) in [5.41, 5.74) is -1.89. The van der Waals surface area contributed by atoms with Crippen LogP contribution in [0.2, 0.25) is 10.0 Å². The van der Waals surface area contributed by atoms with E-state index < -0.39 is 39.0 Å². The minimum atomic E-state index is -4.33.